The second kappa shape index (κ2) is 10.2. The number of rotatable bonds is 5. The third-order valence-electron chi connectivity index (χ3n) is 6.88. The molecule has 3 amide bonds. The number of benzene rings is 2. The van der Waals surface area contributed by atoms with E-state index < -0.39 is 11.1 Å². The number of piperidine rings is 1. The van der Waals surface area contributed by atoms with Gasteiger partial charge < -0.3 is 14.5 Å². The molecule has 0 radical (unpaired) electrons. The van der Waals surface area contributed by atoms with Gasteiger partial charge in [0, 0.05) is 43.5 Å². The molecule has 7 nitrogen and oxygen atoms in total. The highest BCUT2D eigenvalue weighted by atomic mass is 32.2. The Balaban J connectivity index is 1.28. The van der Waals surface area contributed by atoms with E-state index in [0.717, 1.165) is 53.0 Å². The highest BCUT2D eigenvalue weighted by Crippen LogP contribution is 2.35. The van der Waals surface area contributed by atoms with Crippen molar-refractivity contribution in [1.29, 1.82) is 0 Å². The van der Waals surface area contributed by atoms with E-state index in [0.29, 0.717) is 23.7 Å². The summed E-state index contributed by atoms with van der Waals surface area (Å²) in [6, 6.07) is 14.0. The predicted octanol–water partition coefficient (Wildman–Crippen LogP) is 4.31. The lowest BCUT2D eigenvalue weighted by atomic mass is 10.00. The van der Waals surface area contributed by atoms with Crippen LogP contribution in [0.5, 0.6) is 5.75 Å². The average molecular weight is 492 g/mol. The molecule has 0 atom stereocenters. The van der Waals surface area contributed by atoms with Gasteiger partial charge in [-0.2, -0.15) is 0 Å². The smallest absolute Gasteiger partial charge is 0.294 e. The van der Waals surface area contributed by atoms with Crippen molar-refractivity contribution in [3.05, 3.63) is 64.1 Å². The summed E-state index contributed by atoms with van der Waals surface area (Å²) >= 11 is 0.867. The van der Waals surface area contributed by atoms with Gasteiger partial charge in [0.15, 0.2) is 0 Å². The molecule has 5 rings (SSSR count). The number of ether oxygens (including phenoxy) is 1. The zero-order chi connectivity index (χ0) is 24.4. The van der Waals surface area contributed by atoms with Crippen LogP contribution in [0.15, 0.2) is 47.4 Å². The fourth-order valence-electron chi connectivity index (χ4n) is 4.89. The van der Waals surface area contributed by atoms with E-state index in [-0.39, 0.29) is 12.5 Å². The first-order valence-corrected chi connectivity index (χ1v) is 12.9. The van der Waals surface area contributed by atoms with Gasteiger partial charge >= 0.3 is 0 Å². The highest BCUT2D eigenvalue weighted by molar-refractivity contribution is 8.18. The van der Waals surface area contributed by atoms with Crippen LogP contribution in [0.25, 0.3) is 6.08 Å². The minimum Gasteiger partial charge on any atom is -0.496 e. The predicted molar refractivity (Wildman–Crippen MR) is 137 cm³/mol. The molecule has 0 aromatic heterocycles. The SMILES string of the molecule is COc1cc(N2CCCCC2)ccc1/C=C1\SC(=O)N(CC(=O)N2CCc3ccccc3C2)C1=O. The summed E-state index contributed by atoms with van der Waals surface area (Å²) < 4.78 is 5.60. The molecular weight excluding hydrogens is 462 g/mol. The zero-order valence-electron chi connectivity index (χ0n) is 19.9. The van der Waals surface area contributed by atoms with Crippen LogP contribution in [0.2, 0.25) is 0 Å². The molecule has 35 heavy (non-hydrogen) atoms. The van der Waals surface area contributed by atoms with Gasteiger partial charge in [-0.3, -0.25) is 19.3 Å². The number of thioether (sulfide) groups is 1. The normalized spacial score (nSPS) is 19.3. The summed E-state index contributed by atoms with van der Waals surface area (Å²) in [6.45, 7) is 2.90. The Bertz CT molecular complexity index is 1190. The van der Waals surface area contributed by atoms with Crippen molar-refractivity contribution in [2.24, 2.45) is 0 Å². The minimum atomic E-state index is -0.437. The first-order valence-electron chi connectivity index (χ1n) is 12.1. The van der Waals surface area contributed by atoms with E-state index >= 15 is 0 Å². The lowest BCUT2D eigenvalue weighted by Gasteiger charge is -2.29. The molecule has 2 aromatic carbocycles. The van der Waals surface area contributed by atoms with Gasteiger partial charge in [-0.15, -0.1) is 0 Å². The molecule has 2 fully saturated rings. The van der Waals surface area contributed by atoms with Gasteiger partial charge in [0.05, 0.1) is 12.0 Å². The Kier molecular flexibility index (Phi) is 6.81. The van der Waals surface area contributed by atoms with Crippen LogP contribution in [0.3, 0.4) is 0 Å². The number of methoxy groups -OCH3 is 1. The van der Waals surface area contributed by atoms with Gasteiger partial charge in [0.1, 0.15) is 12.3 Å². The summed E-state index contributed by atoms with van der Waals surface area (Å²) in [5.74, 6) is 0.00219. The van der Waals surface area contributed by atoms with Crippen LogP contribution in [-0.4, -0.2) is 60.1 Å². The van der Waals surface area contributed by atoms with E-state index in [9.17, 15) is 14.4 Å². The molecule has 3 aliphatic rings. The number of hydrogen-bond acceptors (Lipinski definition) is 6. The quantitative estimate of drug-likeness (QED) is 0.581. The highest BCUT2D eigenvalue weighted by Gasteiger charge is 2.37. The standard InChI is InChI=1S/C27H29N3O4S/c1-34-23-16-22(28-12-5-2-6-13-28)10-9-20(23)15-24-26(32)30(27(33)35-24)18-25(31)29-14-11-19-7-3-4-8-21(19)17-29/h3-4,7-10,15-16H,2,5-6,11-14,17-18H2,1H3/b24-15-. The van der Waals surface area contributed by atoms with Gasteiger partial charge in [-0.1, -0.05) is 24.3 Å². The zero-order valence-corrected chi connectivity index (χ0v) is 20.7. The van der Waals surface area contributed by atoms with E-state index in [4.69, 9.17) is 4.74 Å². The molecular formula is C27H29N3O4S. The van der Waals surface area contributed by atoms with Crippen LogP contribution in [0.4, 0.5) is 10.5 Å². The fraction of sp³-hybridized carbons (Fsp3) is 0.370. The molecule has 2 aromatic rings. The molecule has 0 bridgehead atoms. The molecule has 0 aliphatic carbocycles. The molecule has 0 saturated carbocycles. The van der Waals surface area contributed by atoms with E-state index in [2.05, 4.69) is 11.0 Å². The summed E-state index contributed by atoms with van der Waals surface area (Å²) in [6.07, 6.45) is 6.08. The lowest BCUT2D eigenvalue weighted by molar-refractivity contribution is -0.136. The van der Waals surface area contributed by atoms with Crippen LogP contribution < -0.4 is 9.64 Å². The monoisotopic (exact) mass is 491 g/mol. The number of carbonyl (C=O) groups excluding carboxylic acids is 3. The Labute approximate surface area is 209 Å². The number of carbonyl (C=O) groups is 3. The van der Waals surface area contributed by atoms with Crippen LogP contribution in [0, 0.1) is 0 Å². The fourth-order valence-corrected chi connectivity index (χ4v) is 5.72. The summed E-state index contributed by atoms with van der Waals surface area (Å²) in [7, 11) is 1.60. The molecule has 0 unspecified atom stereocenters. The number of anilines is 1. The molecule has 8 heteroatoms. The van der Waals surface area contributed by atoms with Crippen molar-refractivity contribution in [3.8, 4) is 5.75 Å². The van der Waals surface area contributed by atoms with Crippen molar-refractivity contribution < 1.29 is 19.1 Å². The lowest BCUT2D eigenvalue weighted by Crippen LogP contribution is -2.44. The van der Waals surface area contributed by atoms with Gasteiger partial charge in [-0.25, -0.2) is 0 Å². The van der Waals surface area contributed by atoms with Crippen LogP contribution in [-0.2, 0) is 22.6 Å². The van der Waals surface area contributed by atoms with Gasteiger partial charge in [0.25, 0.3) is 11.1 Å². The van der Waals surface area contributed by atoms with Crippen molar-refractivity contribution in [1.82, 2.24) is 9.80 Å². The summed E-state index contributed by atoms with van der Waals surface area (Å²) in [4.78, 5) is 44.0. The first-order chi connectivity index (χ1) is 17.0. The number of amides is 3. The topological polar surface area (TPSA) is 70.2 Å². The number of hydrogen-bond donors (Lipinski definition) is 0. The van der Waals surface area contributed by atoms with E-state index in [1.165, 1.54) is 24.8 Å². The van der Waals surface area contributed by atoms with Crippen molar-refractivity contribution in [2.45, 2.75) is 32.2 Å². The molecule has 3 heterocycles. The third-order valence-corrected chi connectivity index (χ3v) is 7.78. The Hall–Kier alpha value is -3.26. The number of imide groups is 1. The Morgan fingerprint density at radius 2 is 1.80 bits per heavy atom. The second-order valence-corrected chi connectivity index (χ2v) is 10.1. The van der Waals surface area contributed by atoms with Gasteiger partial charge in [0.2, 0.25) is 5.91 Å². The first kappa shape index (κ1) is 23.5. The minimum absolute atomic E-state index is 0.216. The maximum atomic E-state index is 13.0. The maximum Gasteiger partial charge on any atom is 0.294 e. The molecule has 182 valence electrons. The maximum absolute atomic E-state index is 13.0. The number of fused-ring (bicyclic) bond motifs is 1. The second-order valence-electron chi connectivity index (χ2n) is 9.08. The summed E-state index contributed by atoms with van der Waals surface area (Å²) in [5.41, 5.74) is 4.19. The van der Waals surface area contributed by atoms with Gasteiger partial charge in [-0.05, 0) is 66.8 Å². The van der Waals surface area contributed by atoms with E-state index in [1.807, 2.05) is 36.4 Å². The van der Waals surface area contributed by atoms with Crippen molar-refractivity contribution in [3.63, 3.8) is 0 Å². The summed E-state index contributed by atoms with van der Waals surface area (Å²) in [5, 5.41) is -0.420. The third kappa shape index (κ3) is 4.93. The van der Waals surface area contributed by atoms with Crippen LogP contribution in [0.1, 0.15) is 36.0 Å². The Morgan fingerprint density at radius 1 is 1.03 bits per heavy atom. The molecule has 2 saturated heterocycles. The van der Waals surface area contributed by atoms with Crippen molar-refractivity contribution in [2.75, 3.05) is 38.2 Å². The van der Waals surface area contributed by atoms with Crippen LogP contribution >= 0.6 is 11.8 Å². The average Bonchev–Trinajstić information content (AvgIpc) is 3.16. The number of nitrogens with zero attached hydrogens (tertiary/aromatic N) is 3. The largest absolute Gasteiger partial charge is 0.496 e. The Morgan fingerprint density at radius 3 is 2.57 bits per heavy atom. The molecule has 0 N–H and O–H groups in total. The van der Waals surface area contributed by atoms with E-state index in [1.54, 1.807) is 18.1 Å². The van der Waals surface area contributed by atoms with Crippen molar-refractivity contribution >= 4 is 40.6 Å². The molecule has 3 aliphatic heterocycles. The molecule has 0 spiro atoms.